The molecule has 0 spiro atoms. The fraction of sp³-hybridized carbons (Fsp3) is 0.200. The molecule has 1 amide bonds. The van der Waals surface area contributed by atoms with Gasteiger partial charge >= 0.3 is 0 Å². The van der Waals surface area contributed by atoms with E-state index in [4.69, 9.17) is 0 Å². The van der Waals surface area contributed by atoms with E-state index in [1.807, 2.05) is 24.3 Å². The van der Waals surface area contributed by atoms with E-state index in [1.165, 1.54) is 6.20 Å². The summed E-state index contributed by atoms with van der Waals surface area (Å²) in [6, 6.07) is 10.9. The Morgan fingerprint density at radius 1 is 1.26 bits per heavy atom. The van der Waals surface area contributed by atoms with Gasteiger partial charge in [0.2, 0.25) is 0 Å². The van der Waals surface area contributed by atoms with Crippen LogP contribution >= 0.6 is 0 Å². The Bertz CT molecular complexity index is 598. The van der Waals surface area contributed by atoms with Crippen molar-refractivity contribution in [2.24, 2.45) is 0 Å². The first-order chi connectivity index (χ1) is 9.25. The SMILES string of the molecule is O=C(NC1c2ccccc2CC1O)c1cccnc1. The number of hydrogen-bond donors (Lipinski definition) is 2. The number of aliphatic hydroxyl groups is 1. The topological polar surface area (TPSA) is 62.2 Å². The van der Waals surface area contributed by atoms with Gasteiger partial charge in [0.15, 0.2) is 0 Å². The number of benzene rings is 1. The number of aromatic nitrogens is 1. The van der Waals surface area contributed by atoms with E-state index in [0.29, 0.717) is 12.0 Å². The van der Waals surface area contributed by atoms with Gasteiger partial charge in [0, 0.05) is 18.8 Å². The number of aliphatic hydroxyl groups excluding tert-OH is 1. The molecule has 0 saturated carbocycles. The van der Waals surface area contributed by atoms with Gasteiger partial charge in [0.05, 0.1) is 17.7 Å². The summed E-state index contributed by atoms with van der Waals surface area (Å²) in [6.45, 7) is 0. The van der Waals surface area contributed by atoms with Gasteiger partial charge in [-0.15, -0.1) is 0 Å². The summed E-state index contributed by atoms with van der Waals surface area (Å²) in [5.74, 6) is -0.214. The van der Waals surface area contributed by atoms with Crippen molar-refractivity contribution in [1.29, 1.82) is 0 Å². The molecule has 0 saturated heterocycles. The van der Waals surface area contributed by atoms with Crippen LogP contribution in [0.1, 0.15) is 27.5 Å². The van der Waals surface area contributed by atoms with Gasteiger partial charge in [-0.05, 0) is 23.3 Å². The van der Waals surface area contributed by atoms with Crippen LogP contribution in [0, 0.1) is 0 Å². The second-order valence-corrected chi connectivity index (χ2v) is 4.66. The smallest absolute Gasteiger partial charge is 0.253 e. The molecule has 2 atom stereocenters. The summed E-state index contributed by atoms with van der Waals surface area (Å²) in [6.07, 6.45) is 3.14. The second-order valence-electron chi connectivity index (χ2n) is 4.66. The number of fused-ring (bicyclic) bond motifs is 1. The fourth-order valence-corrected chi connectivity index (χ4v) is 2.47. The average molecular weight is 254 g/mol. The Balaban J connectivity index is 1.82. The first kappa shape index (κ1) is 11.9. The number of rotatable bonds is 2. The molecule has 2 aromatic rings. The minimum absolute atomic E-state index is 0.214. The predicted molar refractivity (Wildman–Crippen MR) is 70.6 cm³/mol. The van der Waals surface area contributed by atoms with Gasteiger partial charge in [-0.25, -0.2) is 0 Å². The Labute approximate surface area is 111 Å². The van der Waals surface area contributed by atoms with E-state index < -0.39 is 6.10 Å². The highest BCUT2D eigenvalue weighted by molar-refractivity contribution is 5.94. The van der Waals surface area contributed by atoms with Gasteiger partial charge in [0.25, 0.3) is 5.91 Å². The standard InChI is InChI=1S/C15H14N2O2/c18-13-8-10-4-1-2-6-12(10)14(13)17-15(19)11-5-3-7-16-9-11/h1-7,9,13-14,18H,8H2,(H,17,19). The van der Waals surface area contributed by atoms with Crippen LogP contribution in [0.2, 0.25) is 0 Å². The lowest BCUT2D eigenvalue weighted by Crippen LogP contribution is -2.33. The third kappa shape index (κ3) is 2.22. The summed E-state index contributed by atoms with van der Waals surface area (Å²) < 4.78 is 0. The summed E-state index contributed by atoms with van der Waals surface area (Å²) in [5.41, 5.74) is 2.58. The first-order valence-corrected chi connectivity index (χ1v) is 6.22. The summed E-state index contributed by atoms with van der Waals surface area (Å²) in [5, 5.41) is 12.9. The monoisotopic (exact) mass is 254 g/mol. The second kappa shape index (κ2) is 4.82. The van der Waals surface area contributed by atoms with E-state index >= 15 is 0 Å². The number of pyridine rings is 1. The lowest BCUT2D eigenvalue weighted by Gasteiger charge is -2.17. The molecule has 2 N–H and O–H groups in total. The van der Waals surface area contributed by atoms with Gasteiger partial charge in [-0.1, -0.05) is 24.3 Å². The van der Waals surface area contributed by atoms with Crippen molar-refractivity contribution in [1.82, 2.24) is 10.3 Å². The highest BCUT2D eigenvalue weighted by Gasteiger charge is 2.31. The van der Waals surface area contributed by atoms with Crippen molar-refractivity contribution in [3.8, 4) is 0 Å². The summed E-state index contributed by atoms with van der Waals surface area (Å²) in [7, 11) is 0. The molecule has 1 aliphatic carbocycles. The van der Waals surface area contributed by atoms with Crippen LogP contribution in [0.5, 0.6) is 0 Å². The van der Waals surface area contributed by atoms with Crippen molar-refractivity contribution in [3.63, 3.8) is 0 Å². The maximum absolute atomic E-state index is 12.1. The molecule has 96 valence electrons. The molecule has 19 heavy (non-hydrogen) atoms. The van der Waals surface area contributed by atoms with E-state index in [9.17, 15) is 9.90 Å². The largest absolute Gasteiger partial charge is 0.390 e. The van der Waals surface area contributed by atoms with Crippen LogP contribution in [-0.4, -0.2) is 22.1 Å². The quantitative estimate of drug-likeness (QED) is 0.853. The van der Waals surface area contributed by atoms with Crippen LogP contribution in [0.4, 0.5) is 0 Å². The molecule has 1 aromatic carbocycles. The highest BCUT2D eigenvalue weighted by atomic mass is 16.3. The predicted octanol–water partition coefficient (Wildman–Crippen LogP) is 1.47. The zero-order valence-corrected chi connectivity index (χ0v) is 10.3. The third-order valence-corrected chi connectivity index (χ3v) is 3.41. The Morgan fingerprint density at radius 2 is 2.11 bits per heavy atom. The third-order valence-electron chi connectivity index (χ3n) is 3.41. The van der Waals surface area contributed by atoms with Crippen LogP contribution < -0.4 is 5.32 Å². The molecule has 1 aliphatic rings. The molecular weight excluding hydrogens is 240 g/mol. The van der Waals surface area contributed by atoms with E-state index in [0.717, 1.165) is 11.1 Å². The minimum Gasteiger partial charge on any atom is -0.390 e. The number of nitrogens with one attached hydrogen (secondary N) is 1. The summed E-state index contributed by atoms with van der Waals surface area (Å²) in [4.78, 5) is 16.0. The molecule has 0 fully saturated rings. The molecular formula is C15H14N2O2. The number of amides is 1. The lowest BCUT2D eigenvalue weighted by molar-refractivity contribution is 0.0858. The average Bonchev–Trinajstić information content (AvgIpc) is 2.76. The van der Waals surface area contributed by atoms with Crippen molar-refractivity contribution in [2.75, 3.05) is 0 Å². The lowest BCUT2D eigenvalue weighted by atomic mass is 10.1. The number of hydrogen-bond acceptors (Lipinski definition) is 3. The zero-order chi connectivity index (χ0) is 13.2. The highest BCUT2D eigenvalue weighted by Crippen LogP contribution is 2.31. The molecule has 2 unspecified atom stereocenters. The van der Waals surface area contributed by atoms with Crippen molar-refractivity contribution in [2.45, 2.75) is 18.6 Å². The van der Waals surface area contributed by atoms with E-state index in [-0.39, 0.29) is 11.9 Å². The van der Waals surface area contributed by atoms with Crippen molar-refractivity contribution >= 4 is 5.91 Å². The van der Waals surface area contributed by atoms with Gasteiger partial charge < -0.3 is 10.4 Å². The Morgan fingerprint density at radius 3 is 2.89 bits per heavy atom. The molecule has 4 heteroatoms. The molecule has 0 bridgehead atoms. The normalized spacial score (nSPS) is 20.9. The first-order valence-electron chi connectivity index (χ1n) is 6.22. The van der Waals surface area contributed by atoms with Gasteiger partial charge in [-0.3, -0.25) is 9.78 Å². The molecule has 4 nitrogen and oxygen atoms in total. The minimum atomic E-state index is -0.571. The number of nitrogens with zero attached hydrogens (tertiary/aromatic N) is 1. The molecule has 1 aromatic heterocycles. The van der Waals surface area contributed by atoms with Crippen molar-refractivity contribution < 1.29 is 9.90 Å². The van der Waals surface area contributed by atoms with E-state index in [1.54, 1.807) is 18.3 Å². The van der Waals surface area contributed by atoms with Crippen LogP contribution in [0.25, 0.3) is 0 Å². The molecule has 0 aliphatic heterocycles. The fourth-order valence-electron chi connectivity index (χ4n) is 2.47. The maximum Gasteiger partial charge on any atom is 0.253 e. The maximum atomic E-state index is 12.1. The van der Waals surface area contributed by atoms with Crippen LogP contribution in [-0.2, 0) is 6.42 Å². The van der Waals surface area contributed by atoms with Crippen molar-refractivity contribution in [3.05, 3.63) is 65.5 Å². The molecule has 0 radical (unpaired) electrons. The van der Waals surface area contributed by atoms with Crippen LogP contribution in [0.3, 0.4) is 0 Å². The number of carbonyl (C=O) groups is 1. The van der Waals surface area contributed by atoms with Crippen LogP contribution in [0.15, 0.2) is 48.8 Å². The molecule has 3 rings (SSSR count). The molecule has 1 heterocycles. The summed E-state index contributed by atoms with van der Waals surface area (Å²) >= 11 is 0. The van der Waals surface area contributed by atoms with E-state index in [2.05, 4.69) is 10.3 Å². The zero-order valence-electron chi connectivity index (χ0n) is 10.3. The Hall–Kier alpha value is -2.20. The number of carbonyl (C=O) groups excluding carboxylic acids is 1. The van der Waals surface area contributed by atoms with Gasteiger partial charge in [-0.2, -0.15) is 0 Å². The Kier molecular flexibility index (Phi) is 3.01. The van der Waals surface area contributed by atoms with Gasteiger partial charge in [0.1, 0.15) is 0 Å².